The number of ether oxygens (including phenoxy) is 2. The molecular weight excluding hydrogens is 278 g/mol. The standard InChI is InChI=1S/C17H27N3O2/c1-6-18-17(20-11(2)3)19-10-14-9-16-13(7-12(4)22-16)8-15(14)21-5/h8-9,11-12H,6-7,10H2,1-5H3,(H2,18,19,20). The van der Waals surface area contributed by atoms with E-state index >= 15 is 0 Å². The summed E-state index contributed by atoms with van der Waals surface area (Å²) in [6.07, 6.45) is 1.17. The zero-order chi connectivity index (χ0) is 16.1. The predicted octanol–water partition coefficient (Wildman–Crippen LogP) is 2.48. The van der Waals surface area contributed by atoms with Crippen LogP contribution in [-0.2, 0) is 13.0 Å². The lowest BCUT2D eigenvalue weighted by Crippen LogP contribution is -2.41. The molecule has 1 heterocycles. The fourth-order valence-corrected chi connectivity index (χ4v) is 2.55. The molecule has 0 fully saturated rings. The molecule has 5 nitrogen and oxygen atoms in total. The molecule has 0 bridgehead atoms. The maximum atomic E-state index is 5.83. The number of aliphatic imine (C=N–C) groups is 1. The van der Waals surface area contributed by atoms with Gasteiger partial charge in [0.1, 0.15) is 17.6 Å². The van der Waals surface area contributed by atoms with Crippen molar-refractivity contribution >= 4 is 5.96 Å². The minimum absolute atomic E-state index is 0.235. The molecule has 2 rings (SSSR count). The van der Waals surface area contributed by atoms with Crippen LogP contribution < -0.4 is 20.1 Å². The number of guanidine groups is 1. The number of nitrogens with one attached hydrogen (secondary N) is 2. The second-order valence-electron chi connectivity index (χ2n) is 5.90. The highest BCUT2D eigenvalue weighted by Gasteiger charge is 2.21. The van der Waals surface area contributed by atoms with Crippen LogP contribution in [0.2, 0.25) is 0 Å². The Bertz CT molecular complexity index is 541. The summed E-state index contributed by atoms with van der Waals surface area (Å²) in [5.41, 5.74) is 2.25. The number of benzene rings is 1. The number of hydrogen-bond donors (Lipinski definition) is 2. The predicted molar refractivity (Wildman–Crippen MR) is 89.9 cm³/mol. The van der Waals surface area contributed by atoms with Gasteiger partial charge in [-0.05, 0) is 39.8 Å². The summed E-state index contributed by atoms with van der Waals surface area (Å²) in [7, 11) is 1.70. The molecule has 0 amide bonds. The first-order chi connectivity index (χ1) is 10.5. The van der Waals surface area contributed by atoms with Crippen LogP contribution in [0.25, 0.3) is 0 Å². The van der Waals surface area contributed by atoms with Crippen LogP contribution in [0.4, 0.5) is 0 Å². The quantitative estimate of drug-likeness (QED) is 0.648. The number of fused-ring (bicyclic) bond motifs is 1. The third kappa shape index (κ3) is 4.06. The summed E-state index contributed by atoms with van der Waals surface area (Å²) >= 11 is 0. The first-order valence-electron chi connectivity index (χ1n) is 7.94. The van der Waals surface area contributed by atoms with E-state index in [9.17, 15) is 0 Å². The van der Waals surface area contributed by atoms with Gasteiger partial charge in [0, 0.05) is 30.1 Å². The van der Waals surface area contributed by atoms with E-state index < -0.39 is 0 Å². The minimum atomic E-state index is 0.235. The van der Waals surface area contributed by atoms with Gasteiger partial charge in [0.15, 0.2) is 5.96 Å². The molecule has 1 atom stereocenters. The third-order valence-electron chi connectivity index (χ3n) is 3.48. The summed E-state index contributed by atoms with van der Waals surface area (Å²) < 4.78 is 11.3. The first-order valence-corrected chi connectivity index (χ1v) is 7.94. The number of rotatable bonds is 5. The number of hydrogen-bond acceptors (Lipinski definition) is 3. The average Bonchev–Trinajstić information content (AvgIpc) is 2.82. The Hall–Kier alpha value is -1.91. The number of methoxy groups -OCH3 is 1. The second-order valence-corrected chi connectivity index (χ2v) is 5.90. The average molecular weight is 305 g/mol. The highest BCUT2D eigenvalue weighted by molar-refractivity contribution is 5.80. The zero-order valence-corrected chi connectivity index (χ0v) is 14.2. The number of nitrogens with zero attached hydrogens (tertiary/aromatic N) is 1. The molecule has 22 heavy (non-hydrogen) atoms. The molecule has 1 aromatic rings. The van der Waals surface area contributed by atoms with Gasteiger partial charge in [-0.15, -0.1) is 0 Å². The van der Waals surface area contributed by atoms with E-state index in [0.29, 0.717) is 12.6 Å². The van der Waals surface area contributed by atoms with Crippen LogP contribution in [0.3, 0.4) is 0 Å². The Morgan fingerprint density at radius 1 is 1.45 bits per heavy atom. The molecule has 2 N–H and O–H groups in total. The Kier molecular flexibility index (Phi) is 5.52. The van der Waals surface area contributed by atoms with Crippen LogP contribution in [0.15, 0.2) is 17.1 Å². The molecule has 1 aliphatic rings. The Morgan fingerprint density at radius 3 is 2.86 bits per heavy atom. The Labute approximate surface area is 133 Å². The summed E-state index contributed by atoms with van der Waals surface area (Å²) in [6.45, 7) is 9.72. The smallest absolute Gasteiger partial charge is 0.191 e. The SMILES string of the molecule is CCNC(=NCc1cc2c(cc1OC)CC(C)O2)NC(C)C. The normalized spacial score (nSPS) is 17.2. The van der Waals surface area contributed by atoms with Gasteiger partial charge in [-0.2, -0.15) is 0 Å². The van der Waals surface area contributed by atoms with E-state index in [1.165, 1.54) is 5.56 Å². The van der Waals surface area contributed by atoms with Crippen molar-refractivity contribution in [2.24, 2.45) is 4.99 Å². The van der Waals surface area contributed by atoms with E-state index in [1.54, 1.807) is 7.11 Å². The van der Waals surface area contributed by atoms with Gasteiger partial charge < -0.3 is 20.1 Å². The van der Waals surface area contributed by atoms with E-state index in [2.05, 4.69) is 55.5 Å². The molecule has 0 aliphatic carbocycles. The molecular formula is C17H27N3O2. The summed E-state index contributed by atoms with van der Waals surface area (Å²) in [5, 5.41) is 6.56. The monoisotopic (exact) mass is 305 g/mol. The van der Waals surface area contributed by atoms with Gasteiger partial charge >= 0.3 is 0 Å². The fourth-order valence-electron chi connectivity index (χ4n) is 2.55. The molecule has 0 saturated carbocycles. The molecule has 122 valence electrons. The lowest BCUT2D eigenvalue weighted by Gasteiger charge is -2.15. The molecule has 1 aliphatic heterocycles. The van der Waals surface area contributed by atoms with E-state index in [0.717, 1.165) is 36.0 Å². The van der Waals surface area contributed by atoms with Crippen molar-refractivity contribution < 1.29 is 9.47 Å². The van der Waals surface area contributed by atoms with Crippen LogP contribution in [0.5, 0.6) is 11.5 Å². The molecule has 0 aromatic heterocycles. The largest absolute Gasteiger partial charge is 0.496 e. The van der Waals surface area contributed by atoms with Gasteiger partial charge in [-0.25, -0.2) is 4.99 Å². The van der Waals surface area contributed by atoms with E-state index in [4.69, 9.17) is 9.47 Å². The Balaban J connectivity index is 2.19. The lowest BCUT2D eigenvalue weighted by molar-refractivity contribution is 0.254. The van der Waals surface area contributed by atoms with Crippen molar-refractivity contribution in [1.29, 1.82) is 0 Å². The summed E-state index contributed by atoms with van der Waals surface area (Å²) in [6, 6.07) is 4.47. The molecule has 1 aromatic carbocycles. The molecule has 0 saturated heterocycles. The van der Waals surface area contributed by atoms with E-state index in [1.807, 2.05) is 0 Å². The molecule has 5 heteroatoms. The molecule has 1 unspecified atom stereocenters. The van der Waals surface area contributed by atoms with Crippen molar-refractivity contribution in [3.05, 3.63) is 23.3 Å². The van der Waals surface area contributed by atoms with Crippen LogP contribution in [-0.4, -0.2) is 31.8 Å². The second kappa shape index (κ2) is 7.38. The first kappa shape index (κ1) is 16.5. The van der Waals surface area contributed by atoms with Crippen LogP contribution >= 0.6 is 0 Å². The summed E-state index contributed by atoms with van der Waals surface area (Å²) in [4.78, 5) is 4.64. The highest BCUT2D eigenvalue weighted by atomic mass is 16.5. The van der Waals surface area contributed by atoms with Gasteiger partial charge in [-0.1, -0.05) is 0 Å². The Morgan fingerprint density at radius 2 is 2.23 bits per heavy atom. The maximum absolute atomic E-state index is 5.83. The van der Waals surface area contributed by atoms with Crippen molar-refractivity contribution in [1.82, 2.24) is 10.6 Å². The third-order valence-corrected chi connectivity index (χ3v) is 3.48. The lowest BCUT2D eigenvalue weighted by atomic mass is 10.1. The molecule has 0 radical (unpaired) electrons. The van der Waals surface area contributed by atoms with Gasteiger partial charge in [-0.3, -0.25) is 0 Å². The fraction of sp³-hybridized carbons (Fsp3) is 0.588. The zero-order valence-electron chi connectivity index (χ0n) is 14.2. The topological polar surface area (TPSA) is 54.9 Å². The van der Waals surface area contributed by atoms with Gasteiger partial charge in [0.25, 0.3) is 0 Å². The van der Waals surface area contributed by atoms with E-state index in [-0.39, 0.29) is 6.10 Å². The van der Waals surface area contributed by atoms with Crippen molar-refractivity contribution in [3.8, 4) is 11.5 Å². The van der Waals surface area contributed by atoms with Crippen molar-refractivity contribution in [2.45, 2.75) is 52.8 Å². The summed E-state index contributed by atoms with van der Waals surface area (Å²) in [5.74, 6) is 2.65. The molecule has 0 spiro atoms. The minimum Gasteiger partial charge on any atom is -0.496 e. The highest BCUT2D eigenvalue weighted by Crippen LogP contribution is 2.35. The van der Waals surface area contributed by atoms with Crippen LogP contribution in [0, 0.1) is 0 Å². The van der Waals surface area contributed by atoms with Gasteiger partial charge in [0.05, 0.1) is 13.7 Å². The van der Waals surface area contributed by atoms with Crippen molar-refractivity contribution in [2.75, 3.05) is 13.7 Å². The van der Waals surface area contributed by atoms with Gasteiger partial charge in [0.2, 0.25) is 0 Å². The maximum Gasteiger partial charge on any atom is 0.191 e. The van der Waals surface area contributed by atoms with Crippen molar-refractivity contribution in [3.63, 3.8) is 0 Å². The van der Waals surface area contributed by atoms with Crippen LogP contribution in [0.1, 0.15) is 38.8 Å².